The van der Waals surface area contributed by atoms with Gasteiger partial charge in [-0.05, 0) is 38.0 Å². The van der Waals surface area contributed by atoms with E-state index >= 15 is 0 Å². The first-order valence-electron chi connectivity index (χ1n) is 8.07. The number of benzene rings is 1. The van der Waals surface area contributed by atoms with Gasteiger partial charge in [0.25, 0.3) is 0 Å². The number of guanidine groups is 1. The Bertz CT molecular complexity index is 616. The Morgan fingerprint density at radius 1 is 1.50 bits per heavy atom. The van der Waals surface area contributed by atoms with E-state index in [0.29, 0.717) is 11.6 Å². The zero-order valence-corrected chi connectivity index (χ0v) is 14.5. The molecule has 1 aromatic rings. The summed E-state index contributed by atoms with van der Waals surface area (Å²) in [5.41, 5.74) is 1.40. The molecule has 0 saturated heterocycles. The molecule has 5 nitrogen and oxygen atoms in total. The van der Waals surface area contributed by atoms with Crippen LogP contribution in [0.25, 0.3) is 0 Å². The summed E-state index contributed by atoms with van der Waals surface area (Å²) in [5.74, 6) is 3.08. The molecule has 0 fully saturated rings. The average molecular weight is 326 g/mol. The maximum atomic E-state index is 12.1. The van der Waals surface area contributed by atoms with Crippen molar-refractivity contribution in [3.8, 4) is 12.3 Å². The Morgan fingerprint density at radius 3 is 2.96 bits per heavy atom. The van der Waals surface area contributed by atoms with E-state index in [9.17, 15) is 4.79 Å². The second-order valence-corrected chi connectivity index (χ2v) is 5.30. The summed E-state index contributed by atoms with van der Waals surface area (Å²) in [6.07, 6.45) is 9.21. The minimum Gasteiger partial charge on any atom is -0.357 e. The van der Waals surface area contributed by atoms with Gasteiger partial charge in [0.05, 0.1) is 0 Å². The van der Waals surface area contributed by atoms with E-state index in [0.717, 1.165) is 31.5 Å². The van der Waals surface area contributed by atoms with Crippen LogP contribution in [0.5, 0.6) is 0 Å². The first kappa shape index (κ1) is 19.3. The van der Waals surface area contributed by atoms with Crippen LogP contribution < -0.4 is 10.6 Å². The van der Waals surface area contributed by atoms with Crippen molar-refractivity contribution in [2.45, 2.75) is 19.8 Å². The van der Waals surface area contributed by atoms with Crippen molar-refractivity contribution in [3.63, 3.8) is 0 Å². The third-order valence-corrected chi connectivity index (χ3v) is 3.28. The zero-order valence-electron chi connectivity index (χ0n) is 14.5. The quantitative estimate of drug-likeness (QED) is 0.254. The number of unbranched alkanes of at least 4 members (excludes halogenated alkanes) is 1. The van der Waals surface area contributed by atoms with E-state index in [1.54, 1.807) is 12.1 Å². The van der Waals surface area contributed by atoms with Gasteiger partial charge < -0.3 is 15.5 Å². The van der Waals surface area contributed by atoms with Crippen molar-refractivity contribution in [3.05, 3.63) is 42.5 Å². The van der Waals surface area contributed by atoms with E-state index in [1.165, 1.54) is 0 Å². The number of amides is 1. The Labute approximate surface area is 144 Å². The van der Waals surface area contributed by atoms with Crippen LogP contribution in [0.1, 0.15) is 25.3 Å². The molecule has 0 aliphatic heterocycles. The third kappa shape index (κ3) is 7.01. The molecule has 2 N–H and O–H groups in total. The summed E-state index contributed by atoms with van der Waals surface area (Å²) in [4.78, 5) is 18.5. The lowest BCUT2D eigenvalue weighted by molar-refractivity contribution is -0.114. The summed E-state index contributed by atoms with van der Waals surface area (Å²) in [6, 6.07) is 7.18. The lowest BCUT2D eigenvalue weighted by atomic mass is 10.2. The highest BCUT2D eigenvalue weighted by molar-refractivity contribution is 5.94. The molecule has 1 rings (SSSR count). The molecule has 0 radical (unpaired) electrons. The molecule has 24 heavy (non-hydrogen) atoms. The molecule has 0 aromatic heterocycles. The fourth-order valence-electron chi connectivity index (χ4n) is 2.08. The van der Waals surface area contributed by atoms with Crippen molar-refractivity contribution >= 4 is 17.6 Å². The molecule has 0 unspecified atom stereocenters. The van der Waals surface area contributed by atoms with Gasteiger partial charge in [-0.1, -0.05) is 18.1 Å². The van der Waals surface area contributed by atoms with E-state index in [2.05, 4.69) is 28.1 Å². The van der Waals surface area contributed by atoms with Gasteiger partial charge in [0, 0.05) is 31.4 Å². The van der Waals surface area contributed by atoms with Gasteiger partial charge in [0.15, 0.2) is 5.96 Å². The third-order valence-electron chi connectivity index (χ3n) is 3.28. The Morgan fingerprint density at radius 2 is 2.29 bits per heavy atom. The Hall–Kier alpha value is -2.74. The number of carbonyl (C=O) groups is 1. The van der Waals surface area contributed by atoms with Crippen LogP contribution >= 0.6 is 0 Å². The minimum absolute atomic E-state index is 0.0500. The summed E-state index contributed by atoms with van der Waals surface area (Å²) in [5, 5.41) is 5.99. The average Bonchev–Trinajstić information content (AvgIpc) is 2.58. The summed E-state index contributed by atoms with van der Waals surface area (Å²) < 4.78 is 0. The van der Waals surface area contributed by atoms with Crippen LogP contribution in [0.3, 0.4) is 0 Å². The van der Waals surface area contributed by atoms with E-state index in [1.807, 2.05) is 37.1 Å². The summed E-state index contributed by atoms with van der Waals surface area (Å²) in [6.45, 7) is 7.37. The van der Waals surface area contributed by atoms with Gasteiger partial charge in [0.1, 0.15) is 6.54 Å². The lowest BCUT2D eigenvalue weighted by Crippen LogP contribution is -2.40. The summed E-state index contributed by atoms with van der Waals surface area (Å²) >= 11 is 0. The van der Waals surface area contributed by atoms with E-state index in [-0.39, 0.29) is 12.5 Å². The monoisotopic (exact) mass is 326 g/mol. The second kappa shape index (κ2) is 10.9. The van der Waals surface area contributed by atoms with Crippen LogP contribution in [0.2, 0.25) is 0 Å². The molecule has 5 heteroatoms. The molecule has 128 valence electrons. The van der Waals surface area contributed by atoms with Gasteiger partial charge in [0.2, 0.25) is 5.91 Å². The van der Waals surface area contributed by atoms with Crippen LogP contribution in [0.15, 0.2) is 41.9 Å². The fraction of sp³-hybridized carbons (Fsp3) is 0.368. The number of allylic oxidation sites excluding steroid dienone is 1. The van der Waals surface area contributed by atoms with Crippen LogP contribution in [0, 0.1) is 12.3 Å². The number of hydrogen-bond donors (Lipinski definition) is 2. The molecule has 0 bridgehead atoms. The highest BCUT2D eigenvalue weighted by atomic mass is 16.1. The maximum absolute atomic E-state index is 12.1. The molecule has 1 amide bonds. The van der Waals surface area contributed by atoms with E-state index in [4.69, 9.17) is 6.42 Å². The van der Waals surface area contributed by atoms with Crippen molar-refractivity contribution in [1.82, 2.24) is 10.2 Å². The number of terminal acetylenes is 1. The van der Waals surface area contributed by atoms with Crippen LogP contribution in [-0.4, -0.2) is 43.4 Å². The van der Waals surface area contributed by atoms with Crippen molar-refractivity contribution in [1.29, 1.82) is 0 Å². The highest BCUT2D eigenvalue weighted by Crippen LogP contribution is 2.09. The second-order valence-electron chi connectivity index (χ2n) is 5.30. The van der Waals surface area contributed by atoms with Gasteiger partial charge in [-0.15, -0.1) is 13.0 Å². The van der Waals surface area contributed by atoms with Gasteiger partial charge in [-0.2, -0.15) is 0 Å². The Kier molecular flexibility index (Phi) is 8.77. The van der Waals surface area contributed by atoms with Crippen molar-refractivity contribution in [2.75, 3.05) is 32.0 Å². The van der Waals surface area contributed by atoms with Crippen LogP contribution in [-0.2, 0) is 4.79 Å². The number of hydrogen-bond acceptors (Lipinski definition) is 2. The largest absolute Gasteiger partial charge is 0.357 e. The van der Waals surface area contributed by atoms with Gasteiger partial charge >= 0.3 is 0 Å². The minimum atomic E-state index is -0.181. The molecular weight excluding hydrogens is 300 g/mol. The lowest BCUT2D eigenvalue weighted by Gasteiger charge is -2.21. The molecule has 0 spiro atoms. The Balaban J connectivity index is 2.62. The fourth-order valence-corrected chi connectivity index (χ4v) is 2.08. The van der Waals surface area contributed by atoms with Gasteiger partial charge in [-0.3, -0.25) is 4.79 Å². The molecule has 0 atom stereocenters. The number of carbonyl (C=O) groups excluding carboxylic acids is 1. The molecule has 0 heterocycles. The standard InChI is InChI=1S/C19H26N4O/c1-5-8-9-13-23(4)19(20-7-3)21-15-18(24)22-17-12-10-11-16(6-2)14-17/h2,5,10-12,14H,1,7-9,13,15H2,3-4H3,(H,20,21)(H,22,24). The first-order chi connectivity index (χ1) is 11.6. The number of nitrogens with zero attached hydrogens (tertiary/aromatic N) is 2. The first-order valence-corrected chi connectivity index (χ1v) is 8.07. The topological polar surface area (TPSA) is 56.7 Å². The highest BCUT2D eigenvalue weighted by Gasteiger charge is 2.07. The van der Waals surface area contributed by atoms with E-state index < -0.39 is 0 Å². The smallest absolute Gasteiger partial charge is 0.246 e. The van der Waals surface area contributed by atoms with Crippen molar-refractivity contribution in [2.24, 2.45) is 4.99 Å². The van der Waals surface area contributed by atoms with Crippen LogP contribution in [0.4, 0.5) is 5.69 Å². The molecule has 0 aliphatic carbocycles. The molecule has 0 aliphatic rings. The van der Waals surface area contributed by atoms with Gasteiger partial charge in [-0.25, -0.2) is 4.99 Å². The molecule has 0 saturated carbocycles. The zero-order chi connectivity index (χ0) is 17.8. The predicted octanol–water partition coefficient (Wildman–Crippen LogP) is 2.47. The summed E-state index contributed by atoms with van der Waals surface area (Å²) in [7, 11) is 1.96. The maximum Gasteiger partial charge on any atom is 0.246 e. The normalized spacial score (nSPS) is 10.6. The number of aliphatic imine (C=N–C) groups is 1. The predicted molar refractivity (Wildman–Crippen MR) is 101 cm³/mol. The molecular formula is C19H26N4O. The number of nitrogens with one attached hydrogen (secondary N) is 2. The number of rotatable bonds is 8. The SMILES string of the molecule is C#Cc1cccc(NC(=O)CN=C(NCC)N(C)CCCC=C)c1. The van der Waals surface area contributed by atoms with Crippen molar-refractivity contribution < 1.29 is 4.79 Å². The number of anilines is 1. The molecule has 1 aromatic carbocycles.